The van der Waals surface area contributed by atoms with Gasteiger partial charge in [0.25, 0.3) is 0 Å². The van der Waals surface area contributed by atoms with Crippen LogP contribution in [0.25, 0.3) is 0 Å². The Labute approximate surface area is 123 Å². The van der Waals surface area contributed by atoms with Crippen molar-refractivity contribution in [2.45, 2.75) is 26.3 Å². The van der Waals surface area contributed by atoms with Gasteiger partial charge in [0.15, 0.2) is 5.17 Å². The van der Waals surface area contributed by atoms with Crippen LogP contribution in [0.4, 0.5) is 5.69 Å². The van der Waals surface area contributed by atoms with Gasteiger partial charge in [-0.2, -0.15) is 0 Å². The molecule has 0 spiro atoms. The summed E-state index contributed by atoms with van der Waals surface area (Å²) < 4.78 is 2.12. The molecule has 0 radical (unpaired) electrons. The van der Waals surface area contributed by atoms with E-state index in [-0.39, 0.29) is 0 Å². The van der Waals surface area contributed by atoms with Crippen LogP contribution in [0.5, 0.6) is 0 Å². The van der Waals surface area contributed by atoms with Crippen molar-refractivity contribution >= 4 is 54.5 Å². The summed E-state index contributed by atoms with van der Waals surface area (Å²) in [4.78, 5) is 4.61. The lowest BCUT2D eigenvalue weighted by Gasteiger charge is -2.19. The van der Waals surface area contributed by atoms with Gasteiger partial charge < -0.3 is 5.32 Å². The van der Waals surface area contributed by atoms with Gasteiger partial charge in [-0.05, 0) is 69.8 Å². The van der Waals surface area contributed by atoms with Gasteiger partial charge in [0.2, 0.25) is 0 Å². The zero-order valence-electron chi connectivity index (χ0n) is 9.76. The largest absolute Gasteiger partial charge is 0.333 e. The van der Waals surface area contributed by atoms with Crippen LogP contribution in [0.2, 0.25) is 0 Å². The molecule has 0 bridgehead atoms. The lowest BCUT2D eigenvalue weighted by Crippen LogP contribution is -2.18. The fourth-order valence-electron chi connectivity index (χ4n) is 1.62. The number of halogens is 2. The molecule has 0 amide bonds. The normalized spacial score (nSPS) is 20.0. The highest BCUT2D eigenvalue weighted by Crippen LogP contribution is 2.33. The summed E-state index contributed by atoms with van der Waals surface area (Å²) in [6.45, 7) is 4.23. The van der Waals surface area contributed by atoms with E-state index in [0.717, 1.165) is 32.0 Å². The summed E-state index contributed by atoms with van der Waals surface area (Å²) in [5.74, 6) is 1.13. The molecule has 1 aliphatic heterocycles. The minimum Gasteiger partial charge on any atom is -0.333 e. The highest BCUT2D eigenvalue weighted by Gasteiger charge is 2.14. The van der Waals surface area contributed by atoms with E-state index < -0.39 is 0 Å². The number of nitrogens with one attached hydrogen (secondary N) is 1. The third kappa shape index (κ3) is 3.48. The number of nitrogens with zero attached hydrogens (tertiary/aromatic N) is 1. The molecular weight excluding hydrogens is 364 g/mol. The molecule has 0 aliphatic carbocycles. The van der Waals surface area contributed by atoms with Crippen molar-refractivity contribution in [3.63, 3.8) is 0 Å². The molecule has 1 aromatic carbocycles. The molecule has 1 unspecified atom stereocenters. The molecule has 2 rings (SSSR count). The van der Waals surface area contributed by atoms with Crippen LogP contribution < -0.4 is 5.32 Å². The molecule has 0 aromatic heterocycles. The van der Waals surface area contributed by atoms with Crippen molar-refractivity contribution in [3.05, 3.63) is 26.6 Å². The third-order valence-corrected chi connectivity index (χ3v) is 4.70. The number of benzene rings is 1. The second-order valence-electron chi connectivity index (χ2n) is 4.15. The molecule has 0 fully saturated rings. The zero-order valence-corrected chi connectivity index (χ0v) is 13.7. The average molecular weight is 378 g/mol. The molecule has 0 saturated carbocycles. The van der Waals surface area contributed by atoms with Crippen LogP contribution in [-0.4, -0.2) is 17.0 Å². The van der Waals surface area contributed by atoms with Crippen LogP contribution in [-0.2, 0) is 0 Å². The lowest BCUT2D eigenvalue weighted by molar-refractivity contribution is 0.720. The molecule has 1 atom stereocenters. The van der Waals surface area contributed by atoms with Crippen molar-refractivity contribution in [1.82, 2.24) is 0 Å². The molecule has 92 valence electrons. The van der Waals surface area contributed by atoms with E-state index in [1.54, 1.807) is 11.8 Å². The standard InChI is InChI=1S/C12H14Br2N2S/c1-7-5-9(13)11(10(14)6-7)16-12-15-8(2)3-4-17-12/h5-6,8H,3-4H2,1-2H3,(H,15,16). The summed E-state index contributed by atoms with van der Waals surface area (Å²) in [6.07, 6.45) is 1.16. The van der Waals surface area contributed by atoms with Crippen LogP contribution in [0, 0.1) is 6.92 Å². The third-order valence-electron chi connectivity index (χ3n) is 2.53. The lowest BCUT2D eigenvalue weighted by atomic mass is 10.2. The SMILES string of the molecule is Cc1cc(Br)c(NC2=NC(C)CCS2)c(Br)c1. The molecule has 5 heteroatoms. The quantitative estimate of drug-likeness (QED) is 0.759. The number of thioether (sulfide) groups is 1. The van der Waals surface area contributed by atoms with E-state index in [1.165, 1.54) is 5.56 Å². The number of aliphatic imine (C=N–C) groups is 1. The number of amidine groups is 1. The molecule has 1 N–H and O–H groups in total. The van der Waals surface area contributed by atoms with Gasteiger partial charge in [-0.25, -0.2) is 0 Å². The maximum atomic E-state index is 4.61. The summed E-state index contributed by atoms with van der Waals surface area (Å²) >= 11 is 8.95. The Morgan fingerprint density at radius 3 is 2.59 bits per heavy atom. The average Bonchev–Trinajstić information content (AvgIpc) is 2.23. The molecule has 2 nitrogen and oxygen atoms in total. The number of hydrogen-bond donors (Lipinski definition) is 1. The fraction of sp³-hybridized carbons (Fsp3) is 0.417. The summed E-state index contributed by atoms with van der Waals surface area (Å²) in [7, 11) is 0. The van der Waals surface area contributed by atoms with E-state index in [4.69, 9.17) is 0 Å². The van der Waals surface area contributed by atoms with Crippen LogP contribution in [0.3, 0.4) is 0 Å². The van der Waals surface area contributed by atoms with Crippen LogP contribution >= 0.6 is 43.6 Å². The van der Waals surface area contributed by atoms with Crippen LogP contribution in [0.15, 0.2) is 26.1 Å². The van der Waals surface area contributed by atoms with E-state index in [2.05, 4.69) is 68.1 Å². The predicted octanol–water partition coefficient (Wildman–Crippen LogP) is 4.81. The van der Waals surface area contributed by atoms with Gasteiger partial charge >= 0.3 is 0 Å². The molecular formula is C12H14Br2N2S. The number of hydrogen-bond acceptors (Lipinski definition) is 3. The fourth-order valence-corrected chi connectivity index (χ4v) is 4.32. The second-order valence-corrected chi connectivity index (χ2v) is 6.94. The monoisotopic (exact) mass is 376 g/mol. The molecule has 17 heavy (non-hydrogen) atoms. The maximum Gasteiger partial charge on any atom is 0.161 e. The summed E-state index contributed by atoms with van der Waals surface area (Å²) in [6, 6.07) is 4.62. The second kappa shape index (κ2) is 5.76. The smallest absolute Gasteiger partial charge is 0.161 e. The Morgan fingerprint density at radius 1 is 1.35 bits per heavy atom. The maximum absolute atomic E-state index is 4.61. The Kier molecular flexibility index (Phi) is 4.55. The van der Waals surface area contributed by atoms with E-state index >= 15 is 0 Å². The van der Waals surface area contributed by atoms with Gasteiger partial charge in [-0.15, -0.1) is 0 Å². The Morgan fingerprint density at radius 2 is 2.00 bits per heavy atom. The van der Waals surface area contributed by atoms with Gasteiger partial charge in [-0.1, -0.05) is 11.8 Å². The first-order valence-electron chi connectivity index (χ1n) is 5.49. The van der Waals surface area contributed by atoms with Crippen LogP contribution in [0.1, 0.15) is 18.9 Å². The van der Waals surface area contributed by atoms with Gasteiger partial charge in [-0.3, -0.25) is 4.99 Å². The van der Waals surface area contributed by atoms with Crippen molar-refractivity contribution in [2.75, 3.05) is 11.1 Å². The Balaban J connectivity index is 2.24. The number of rotatable bonds is 1. The first-order chi connectivity index (χ1) is 8.06. The first-order valence-corrected chi connectivity index (χ1v) is 8.06. The zero-order chi connectivity index (χ0) is 12.4. The Bertz CT molecular complexity index is 437. The molecule has 1 heterocycles. The summed E-state index contributed by atoms with van der Waals surface area (Å²) in [5.41, 5.74) is 2.27. The minimum atomic E-state index is 0.418. The van der Waals surface area contributed by atoms with Crippen molar-refractivity contribution in [2.24, 2.45) is 4.99 Å². The topological polar surface area (TPSA) is 24.4 Å². The van der Waals surface area contributed by atoms with Gasteiger partial charge in [0.05, 0.1) is 11.7 Å². The van der Waals surface area contributed by atoms with Gasteiger partial charge in [0, 0.05) is 14.7 Å². The molecule has 1 aromatic rings. The van der Waals surface area contributed by atoms with E-state index in [1.807, 2.05) is 0 Å². The highest BCUT2D eigenvalue weighted by atomic mass is 79.9. The Hall–Kier alpha value is -0.000000000000000111. The number of anilines is 1. The predicted molar refractivity (Wildman–Crippen MR) is 84.2 cm³/mol. The highest BCUT2D eigenvalue weighted by molar-refractivity contribution is 9.11. The van der Waals surface area contributed by atoms with E-state index in [0.29, 0.717) is 6.04 Å². The number of aryl methyl sites for hydroxylation is 1. The minimum absolute atomic E-state index is 0.418. The van der Waals surface area contributed by atoms with Crippen molar-refractivity contribution in [1.29, 1.82) is 0 Å². The van der Waals surface area contributed by atoms with Crippen molar-refractivity contribution < 1.29 is 0 Å². The first kappa shape index (κ1) is 13.4. The summed E-state index contributed by atoms with van der Waals surface area (Å²) in [5, 5.41) is 4.40. The van der Waals surface area contributed by atoms with E-state index in [9.17, 15) is 0 Å². The molecule has 1 aliphatic rings. The van der Waals surface area contributed by atoms with Gasteiger partial charge in [0.1, 0.15) is 0 Å². The molecule has 0 saturated heterocycles. The van der Waals surface area contributed by atoms with Crippen molar-refractivity contribution in [3.8, 4) is 0 Å².